The molecule has 1 aromatic rings. The van der Waals surface area contributed by atoms with Crippen LogP contribution in [0.1, 0.15) is 51.1 Å². The molecular weight excluding hydrogens is 330 g/mol. The number of nitrogens with two attached hydrogens (primary N) is 1. The number of benzene rings is 1. The van der Waals surface area contributed by atoms with E-state index >= 15 is 0 Å². The summed E-state index contributed by atoms with van der Waals surface area (Å²) in [6.45, 7) is 5.22. The van der Waals surface area contributed by atoms with Crippen LogP contribution in [0.5, 0.6) is 5.75 Å². The van der Waals surface area contributed by atoms with Crippen molar-refractivity contribution in [2.75, 3.05) is 20.2 Å². The van der Waals surface area contributed by atoms with Crippen molar-refractivity contribution in [2.45, 2.75) is 51.6 Å². The Balaban J connectivity index is 2.20. The maximum atomic E-state index is 12.7. The van der Waals surface area contributed by atoms with Crippen LogP contribution < -0.4 is 15.8 Å². The van der Waals surface area contributed by atoms with Crippen molar-refractivity contribution in [1.29, 1.82) is 0 Å². The zero-order valence-electron chi connectivity index (χ0n) is 16.0. The monoisotopic (exact) mass is 361 g/mol. The number of carbonyl (C=O) groups excluding carboxylic acids is 2. The van der Waals surface area contributed by atoms with Crippen molar-refractivity contribution in [3.8, 4) is 5.75 Å². The highest BCUT2D eigenvalue weighted by Crippen LogP contribution is 2.39. The fourth-order valence-corrected chi connectivity index (χ4v) is 3.39. The number of unbranched alkanes of at least 4 members (excludes halogenated alkanes) is 1. The molecule has 144 valence electrons. The van der Waals surface area contributed by atoms with Gasteiger partial charge in [-0.2, -0.15) is 0 Å². The van der Waals surface area contributed by atoms with Crippen molar-refractivity contribution >= 4 is 11.8 Å². The van der Waals surface area contributed by atoms with E-state index < -0.39 is 0 Å². The Bertz CT molecular complexity index is 601. The molecule has 1 aromatic carbocycles. The molecule has 1 aliphatic heterocycles. The number of nitrogens with one attached hydrogen (secondary N) is 1. The molecule has 1 fully saturated rings. The van der Waals surface area contributed by atoms with Gasteiger partial charge in [0.2, 0.25) is 11.8 Å². The number of hydrogen-bond acceptors (Lipinski definition) is 4. The Morgan fingerprint density at radius 2 is 2.08 bits per heavy atom. The lowest BCUT2D eigenvalue weighted by Gasteiger charge is -2.28. The van der Waals surface area contributed by atoms with Gasteiger partial charge in [0.1, 0.15) is 5.75 Å². The first-order valence-electron chi connectivity index (χ1n) is 9.44. The van der Waals surface area contributed by atoms with E-state index in [-0.39, 0.29) is 36.2 Å². The number of methoxy groups -OCH3 is 1. The first-order valence-corrected chi connectivity index (χ1v) is 9.44. The third-order valence-corrected chi connectivity index (χ3v) is 4.88. The first kappa shape index (κ1) is 20.2. The Morgan fingerprint density at radius 3 is 2.65 bits per heavy atom. The van der Waals surface area contributed by atoms with Gasteiger partial charge in [-0.1, -0.05) is 25.5 Å². The second kappa shape index (κ2) is 9.57. The van der Waals surface area contributed by atoms with Gasteiger partial charge in [-0.15, -0.1) is 0 Å². The summed E-state index contributed by atoms with van der Waals surface area (Å²) in [6.07, 6.45) is 2.91. The van der Waals surface area contributed by atoms with Gasteiger partial charge in [0, 0.05) is 25.6 Å². The topological polar surface area (TPSA) is 84.7 Å². The lowest BCUT2D eigenvalue weighted by molar-refractivity contribution is -0.129. The molecule has 1 aliphatic rings. The van der Waals surface area contributed by atoms with E-state index in [0.717, 1.165) is 30.6 Å². The van der Waals surface area contributed by atoms with E-state index in [4.69, 9.17) is 10.5 Å². The van der Waals surface area contributed by atoms with Gasteiger partial charge >= 0.3 is 0 Å². The maximum absolute atomic E-state index is 12.7. The van der Waals surface area contributed by atoms with Gasteiger partial charge in [0.15, 0.2) is 0 Å². The summed E-state index contributed by atoms with van der Waals surface area (Å²) in [5.74, 6) is 0.363. The number of hydrogen-bond donors (Lipinski definition) is 2. The van der Waals surface area contributed by atoms with E-state index in [1.807, 2.05) is 36.1 Å². The first-order chi connectivity index (χ1) is 12.5. The predicted octanol–water partition coefficient (Wildman–Crippen LogP) is 2.24. The molecule has 1 saturated heterocycles. The maximum Gasteiger partial charge on any atom is 0.226 e. The summed E-state index contributed by atoms with van der Waals surface area (Å²) in [4.78, 5) is 27.2. The molecule has 0 aliphatic carbocycles. The number of nitrogens with zero attached hydrogens (tertiary/aromatic N) is 1. The van der Waals surface area contributed by atoms with Gasteiger partial charge in [-0.05, 0) is 37.5 Å². The number of carbonyl (C=O) groups is 2. The molecule has 6 heteroatoms. The highest BCUT2D eigenvalue weighted by Gasteiger charge is 2.43. The number of likely N-dealkylation sites (tertiary alicyclic amines) is 1. The number of ether oxygens (including phenoxy) is 1. The second-order valence-corrected chi connectivity index (χ2v) is 7.03. The molecule has 3 unspecified atom stereocenters. The standard InChI is InChI=1S/C20H31N3O3/c1-4-5-12-23-18(24)13-17(20(25)22-11-10-14(2)21)19(23)15-6-8-16(26-3)9-7-15/h6-9,14,17,19H,4-5,10-13,21H2,1-3H3,(H,22,25). The van der Waals surface area contributed by atoms with Crippen molar-refractivity contribution < 1.29 is 14.3 Å². The quantitative estimate of drug-likeness (QED) is 0.706. The largest absolute Gasteiger partial charge is 0.497 e. The third kappa shape index (κ3) is 4.97. The van der Waals surface area contributed by atoms with Crippen LogP contribution in [0.15, 0.2) is 24.3 Å². The lowest BCUT2D eigenvalue weighted by atomic mass is 9.92. The average Bonchev–Trinajstić information content (AvgIpc) is 2.96. The summed E-state index contributed by atoms with van der Waals surface area (Å²) in [5.41, 5.74) is 6.72. The molecule has 0 spiro atoms. The fraction of sp³-hybridized carbons (Fsp3) is 0.600. The van der Waals surface area contributed by atoms with E-state index in [1.54, 1.807) is 7.11 Å². The molecular formula is C20H31N3O3. The molecule has 0 aromatic heterocycles. The van der Waals surface area contributed by atoms with E-state index in [1.165, 1.54) is 0 Å². The predicted molar refractivity (Wildman–Crippen MR) is 102 cm³/mol. The molecule has 26 heavy (non-hydrogen) atoms. The summed E-state index contributed by atoms with van der Waals surface area (Å²) < 4.78 is 5.22. The van der Waals surface area contributed by atoms with Crippen molar-refractivity contribution in [1.82, 2.24) is 10.2 Å². The molecule has 0 radical (unpaired) electrons. The van der Waals surface area contributed by atoms with Gasteiger partial charge in [-0.25, -0.2) is 0 Å². The van der Waals surface area contributed by atoms with Crippen LogP contribution in [-0.4, -0.2) is 43.0 Å². The second-order valence-electron chi connectivity index (χ2n) is 7.03. The Morgan fingerprint density at radius 1 is 1.38 bits per heavy atom. The lowest BCUT2D eigenvalue weighted by Crippen LogP contribution is -2.37. The molecule has 6 nitrogen and oxygen atoms in total. The summed E-state index contributed by atoms with van der Waals surface area (Å²) in [7, 11) is 1.62. The summed E-state index contributed by atoms with van der Waals surface area (Å²) in [5, 5.41) is 2.95. The molecule has 3 N–H and O–H groups in total. The molecule has 0 saturated carbocycles. The van der Waals surface area contributed by atoms with Crippen LogP contribution >= 0.6 is 0 Å². The molecule has 0 bridgehead atoms. The fourth-order valence-electron chi connectivity index (χ4n) is 3.39. The number of amides is 2. The van der Waals surface area contributed by atoms with Crippen molar-refractivity contribution in [3.63, 3.8) is 0 Å². The zero-order valence-corrected chi connectivity index (χ0v) is 16.0. The number of rotatable bonds is 9. The van der Waals surface area contributed by atoms with Gasteiger partial charge in [0.05, 0.1) is 19.1 Å². The van der Waals surface area contributed by atoms with Crippen molar-refractivity contribution in [2.24, 2.45) is 11.7 Å². The Hall–Kier alpha value is -2.08. The van der Waals surface area contributed by atoms with E-state index in [2.05, 4.69) is 12.2 Å². The molecule has 2 amide bonds. The minimum atomic E-state index is -0.374. The average molecular weight is 361 g/mol. The van der Waals surface area contributed by atoms with Gasteiger partial charge in [-0.3, -0.25) is 9.59 Å². The highest BCUT2D eigenvalue weighted by atomic mass is 16.5. The minimum Gasteiger partial charge on any atom is -0.497 e. The summed E-state index contributed by atoms with van der Waals surface area (Å²) >= 11 is 0. The Kier molecular flexibility index (Phi) is 7.45. The van der Waals surface area contributed by atoms with Crippen LogP contribution in [0.25, 0.3) is 0 Å². The van der Waals surface area contributed by atoms with Crippen molar-refractivity contribution in [3.05, 3.63) is 29.8 Å². The van der Waals surface area contributed by atoms with E-state index in [9.17, 15) is 9.59 Å². The molecule has 1 heterocycles. The van der Waals surface area contributed by atoms with Gasteiger partial charge < -0.3 is 20.7 Å². The normalized spacial score (nSPS) is 20.9. The van der Waals surface area contributed by atoms with Crippen LogP contribution in [0.4, 0.5) is 0 Å². The zero-order chi connectivity index (χ0) is 19.1. The van der Waals surface area contributed by atoms with E-state index in [0.29, 0.717) is 13.1 Å². The molecule has 3 atom stereocenters. The minimum absolute atomic E-state index is 0.0407. The SMILES string of the molecule is CCCCN1C(=O)CC(C(=O)NCCC(C)N)C1c1ccc(OC)cc1. The van der Waals surface area contributed by atoms with Crippen LogP contribution in [-0.2, 0) is 9.59 Å². The van der Waals surface area contributed by atoms with Crippen LogP contribution in [0.3, 0.4) is 0 Å². The Labute approximate surface area is 156 Å². The van der Waals surface area contributed by atoms with Crippen LogP contribution in [0.2, 0.25) is 0 Å². The molecule has 2 rings (SSSR count). The third-order valence-electron chi connectivity index (χ3n) is 4.88. The van der Waals surface area contributed by atoms with Gasteiger partial charge in [0.25, 0.3) is 0 Å². The van der Waals surface area contributed by atoms with Crippen LogP contribution in [0, 0.1) is 5.92 Å². The highest BCUT2D eigenvalue weighted by molar-refractivity contribution is 5.90. The summed E-state index contributed by atoms with van der Waals surface area (Å²) in [6, 6.07) is 7.46. The smallest absolute Gasteiger partial charge is 0.226 e.